The van der Waals surface area contributed by atoms with Crippen LogP contribution in [-0.2, 0) is 14.3 Å². The molecule has 7 heteroatoms. The smallest absolute Gasteiger partial charge is 0.408 e. The van der Waals surface area contributed by atoms with Crippen molar-refractivity contribution in [1.82, 2.24) is 10.6 Å². The van der Waals surface area contributed by atoms with E-state index in [1.54, 1.807) is 20.8 Å². The van der Waals surface area contributed by atoms with Gasteiger partial charge in [-0.3, -0.25) is 9.59 Å². The molecule has 6 nitrogen and oxygen atoms in total. The Morgan fingerprint density at radius 1 is 1.19 bits per heavy atom. The van der Waals surface area contributed by atoms with E-state index in [0.717, 1.165) is 0 Å². The first-order chi connectivity index (χ1) is 9.55. The molecule has 122 valence electrons. The van der Waals surface area contributed by atoms with Crippen LogP contribution in [0.2, 0.25) is 0 Å². The largest absolute Gasteiger partial charge is 0.444 e. The molecule has 0 aromatic carbocycles. The zero-order valence-electron chi connectivity index (χ0n) is 13.3. The number of rotatable bonds is 7. The normalized spacial score (nSPS) is 12.7. The molecule has 0 aliphatic carbocycles. The molecule has 0 unspecified atom stereocenters. The van der Waals surface area contributed by atoms with E-state index in [-0.39, 0.29) is 24.1 Å². The first-order valence-electron chi connectivity index (χ1n) is 6.90. The zero-order valence-corrected chi connectivity index (χ0v) is 14.0. The Kier molecular flexibility index (Phi) is 8.32. The third-order valence-electron chi connectivity index (χ3n) is 2.35. The molecule has 0 aliphatic heterocycles. The minimum absolute atomic E-state index is 0.156. The van der Waals surface area contributed by atoms with Crippen molar-refractivity contribution in [2.24, 2.45) is 5.92 Å². The predicted octanol–water partition coefficient (Wildman–Crippen LogP) is 1.85. The van der Waals surface area contributed by atoms with Gasteiger partial charge in [0.05, 0.1) is 11.9 Å². The number of carbonyl (C=O) groups is 3. The summed E-state index contributed by atoms with van der Waals surface area (Å²) in [5.41, 5.74) is -0.630. The topological polar surface area (TPSA) is 84.5 Å². The third kappa shape index (κ3) is 10.1. The summed E-state index contributed by atoms with van der Waals surface area (Å²) in [6, 6.07) is -0.629. The van der Waals surface area contributed by atoms with Gasteiger partial charge in [0, 0.05) is 0 Å². The average Bonchev–Trinajstić information content (AvgIpc) is 2.32. The lowest BCUT2D eigenvalue weighted by Gasteiger charge is -2.21. The number of carbonyl (C=O) groups excluding carboxylic acids is 3. The van der Waals surface area contributed by atoms with Gasteiger partial charge in [0.25, 0.3) is 0 Å². The van der Waals surface area contributed by atoms with Gasteiger partial charge in [0.1, 0.15) is 12.1 Å². The van der Waals surface area contributed by atoms with E-state index < -0.39 is 23.6 Å². The van der Waals surface area contributed by atoms with Crippen molar-refractivity contribution in [3.63, 3.8) is 0 Å². The lowest BCUT2D eigenvalue weighted by atomic mass is 10.0. The van der Waals surface area contributed by atoms with Crippen LogP contribution in [0.5, 0.6) is 0 Å². The van der Waals surface area contributed by atoms with E-state index in [9.17, 15) is 14.4 Å². The van der Waals surface area contributed by atoms with Gasteiger partial charge >= 0.3 is 6.09 Å². The van der Waals surface area contributed by atoms with Gasteiger partial charge in [-0.1, -0.05) is 13.8 Å². The highest BCUT2D eigenvalue weighted by Gasteiger charge is 2.22. The van der Waals surface area contributed by atoms with E-state index in [2.05, 4.69) is 10.6 Å². The van der Waals surface area contributed by atoms with Gasteiger partial charge in [-0.25, -0.2) is 4.79 Å². The van der Waals surface area contributed by atoms with E-state index in [0.29, 0.717) is 6.42 Å². The quantitative estimate of drug-likeness (QED) is 0.701. The molecule has 0 spiro atoms. The lowest BCUT2D eigenvalue weighted by Crippen LogP contribution is -2.47. The summed E-state index contributed by atoms with van der Waals surface area (Å²) in [6.45, 7) is 8.82. The number of ketones is 1. The fourth-order valence-electron chi connectivity index (χ4n) is 1.55. The second-order valence-electron chi connectivity index (χ2n) is 6.21. The minimum atomic E-state index is -0.679. The Bertz CT molecular complexity index is 378. The molecule has 1 atom stereocenters. The summed E-state index contributed by atoms with van der Waals surface area (Å²) in [5, 5.41) is 4.91. The number of ether oxygens (including phenoxy) is 1. The summed E-state index contributed by atoms with van der Waals surface area (Å²) >= 11 is 5.52. The van der Waals surface area contributed by atoms with Crippen LogP contribution in [0.3, 0.4) is 0 Å². The SMILES string of the molecule is CC(C)C[C@H](NC(=O)CNC(=O)OC(C)(C)C)C(=O)CCl. The number of alkyl carbamates (subject to hydrolysis) is 1. The number of hydrogen-bond donors (Lipinski definition) is 2. The fourth-order valence-corrected chi connectivity index (χ4v) is 1.73. The van der Waals surface area contributed by atoms with Crippen molar-refractivity contribution in [3.8, 4) is 0 Å². The van der Waals surface area contributed by atoms with Crippen molar-refractivity contribution >= 4 is 29.4 Å². The minimum Gasteiger partial charge on any atom is -0.444 e. The molecule has 0 bridgehead atoms. The summed E-state index contributed by atoms with van der Waals surface area (Å²) in [6.07, 6.45) is -0.175. The number of alkyl halides is 1. The van der Waals surface area contributed by atoms with Gasteiger partial charge in [0.2, 0.25) is 5.91 Å². The summed E-state index contributed by atoms with van der Waals surface area (Å²) in [4.78, 5) is 34.8. The van der Waals surface area contributed by atoms with E-state index in [4.69, 9.17) is 16.3 Å². The monoisotopic (exact) mass is 320 g/mol. The third-order valence-corrected chi connectivity index (χ3v) is 2.62. The highest BCUT2D eigenvalue weighted by atomic mass is 35.5. The maximum absolute atomic E-state index is 11.7. The molecule has 0 aromatic heterocycles. The second kappa shape index (κ2) is 8.87. The van der Waals surface area contributed by atoms with Crippen molar-refractivity contribution in [2.45, 2.75) is 52.7 Å². The number of nitrogens with one attached hydrogen (secondary N) is 2. The molecule has 0 aliphatic rings. The van der Waals surface area contributed by atoms with Crippen LogP contribution in [0.4, 0.5) is 4.79 Å². The molecule has 0 saturated heterocycles. The Morgan fingerprint density at radius 2 is 1.76 bits per heavy atom. The predicted molar refractivity (Wildman–Crippen MR) is 81.3 cm³/mol. The van der Waals surface area contributed by atoms with Gasteiger partial charge in [-0.15, -0.1) is 11.6 Å². The molecule has 0 fully saturated rings. The summed E-state index contributed by atoms with van der Waals surface area (Å²) < 4.78 is 5.01. The Morgan fingerprint density at radius 3 is 2.19 bits per heavy atom. The molecule has 0 heterocycles. The molecular formula is C14H25ClN2O4. The van der Waals surface area contributed by atoms with Gasteiger partial charge in [-0.05, 0) is 33.1 Å². The van der Waals surface area contributed by atoms with Crippen molar-refractivity contribution in [1.29, 1.82) is 0 Å². The van der Waals surface area contributed by atoms with Crippen LogP contribution >= 0.6 is 11.6 Å². The van der Waals surface area contributed by atoms with Crippen LogP contribution in [0.1, 0.15) is 41.0 Å². The first-order valence-corrected chi connectivity index (χ1v) is 7.43. The van der Waals surface area contributed by atoms with Crippen LogP contribution in [0, 0.1) is 5.92 Å². The highest BCUT2D eigenvalue weighted by molar-refractivity contribution is 6.28. The number of amides is 2. The fraction of sp³-hybridized carbons (Fsp3) is 0.786. The highest BCUT2D eigenvalue weighted by Crippen LogP contribution is 2.07. The molecule has 0 rings (SSSR count). The molecule has 2 amide bonds. The Balaban J connectivity index is 4.32. The number of Topliss-reactive ketones (excluding diaryl/α,β-unsaturated/α-hetero) is 1. The molecule has 0 aromatic rings. The lowest BCUT2D eigenvalue weighted by molar-refractivity contribution is -0.126. The molecule has 21 heavy (non-hydrogen) atoms. The second-order valence-corrected chi connectivity index (χ2v) is 6.47. The molecule has 2 N–H and O–H groups in total. The first kappa shape index (κ1) is 19.7. The zero-order chi connectivity index (χ0) is 16.6. The van der Waals surface area contributed by atoms with Crippen molar-refractivity contribution < 1.29 is 19.1 Å². The van der Waals surface area contributed by atoms with Crippen LogP contribution < -0.4 is 10.6 Å². The summed E-state index contributed by atoms with van der Waals surface area (Å²) in [5.74, 6) is -0.612. The van der Waals surface area contributed by atoms with Gasteiger partial charge in [0.15, 0.2) is 5.78 Å². The number of hydrogen-bond acceptors (Lipinski definition) is 4. The van der Waals surface area contributed by atoms with Gasteiger partial charge in [-0.2, -0.15) is 0 Å². The Labute approximate surface area is 130 Å². The maximum atomic E-state index is 11.7. The van der Waals surface area contributed by atoms with Crippen LogP contribution in [0.25, 0.3) is 0 Å². The number of halogens is 1. The van der Waals surface area contributed by atoms with Crippen molar-refractivity contribution in [2.75, 3.05) is 12.4 Å². The molecular weight excluding hydrogens is 296 g/mol. The molecule has 0 radical (unpaired) electrons. The van der Waals surface area contributed by atoms with Gasteiger partial charge < -0.3 is 15.4 Å². The van der Waals surface area contributed by atoms with Crippen LogP contribution in [-0.4, -0.2) is 41.9 Å². The van der Waals surface area contributed by atoms with Crippen LogP contribution in [0.15, 0.2) is 0 Å². The average molecular weight is 321 g/mol. The standard InChI is InChI=1S/C14H25ClN2O4/c1-9(2)6-10(11(18)7-15)17-12(19)8-16-13(20)21-14(3,4)5/h9-10H,6-8H2,1-5H3,(H,16,20)(H,17,19)/t10-/m0/s1. The summed E-state index contributed by atoms with van der Waals surface area (Å²) in [7, 11) is 0. The van der Waals surface area contributed by atoms with E-state index in [1.165, 1.54) is 0 Å². The van der Waals surface area contributed by atoms with E-state index in [1.807, 2.05) is 13.8 Å². The maximum Gasteiger partial charge on any atom is 0.408 e. The Hall–Kier alpha value is -1.30. The van der Waals surface area contributed by atoms with Crippen molar-refractivity contribution in [3.05, 3.63) is 0 Å². The molecule has 0 saturated carbocycles. The van der Waals surface area contributed by atoms with E-state index >= 15 is 0 Å².